The number of amides is 1. The van der Waals surface area contributed by atoms with E-state index in [0.29, 0.717) is 17.3 Å². The zero-order chi connectivity index (χ0) is 30.0. The Morgan fingerprint density at radius 3 is 2.44 bits per heavy atom. The standard InChI is InChI=1S/C31H44N10O2/c1-22(41-21-27(35-37-41)26-17-32-18-29(33-26)38-14-5-6-15-38)25-12-13-28(36-34-25)39-16-8-11-24(20-39)40(19-23-9-7-10-23)30(42)43-31(2,3)4/h12-13,17-18,21-24H,5-11,14-16,19-20H2,1-4H3/t22?,24-/m1/s1. The van der Waals surface area contributed by atoms with Crippen LogP contribution in [0.15, 0.2) is 30.7 Å². The molecule has 0 spiro atoms. The molecule has 0 aromatic carbocycles. The summed E-state index contributed by atoms with van der Waals surface area (Å²) in [6.45, 7) is 12.2. The van der Waals surface area contributed by atoms with Crippen molar-refractivity contribution in [3.63, 3.8) is 0 Å². The smallest absolute Gasteiger partial charge is 0.410 e. The third-order valence-corrected chi connectivity index (χ3v) is 8.79. The van der Waals surface area contributed by atoms with Crippen molar-refractivity contribution >= 4 is 17.7 Å². The molecule has 0 radical (unpaired) electrons. The van der Waals surface area contributed by atoms with Gasteiger partial charge in [0.1, 0.15) is 22.8 Å². The minimum Gasteiger partial charge on any atom is -0.444 e. The molecule has 230 valence electrons. The average molecular weight is 589 g/mol. The summed E-state index contributed by atoms with van der Waals surface area (Å²) in [5, 5.41) is 17.9. The van der Waals surface area contributed by atoms with Gasteiger partial charge in [0.15, 0.2) is 5.82 Å². The molecule has 1 saturated carbocycles. The SMILES string of the molecule is CC(c1ccc(N2CCC[C@@H](N(CC3CCC3)C(=O)OC(C)(C)C)C2)nn1)n1cc(-c2cncc(N3CCCC3)n2)nn1. The van der Waals surface area contributed by atoms with E-state index in [1.54, 1.807) is 10.9 Å². The van der Waals surface area contributed by atoms with Crippen LogP contribution in [0.3, 0.4) is 0 Å². The molecular weight excluding hydrogens is 544 g/mol. The predicted molar refractivity (Wildman–Crippen MR) is 164 cm³/mol. The van der Waals surface area contributed by atoms with Crippen LogP contribution in [-0.4, -0.2) is 90.5 Å². The Morgan fingerprint density at radius 1 is 0.953 bits per heavy atom. The molecule has 5 heterocycles. The minimum atomic E-state index is -0.517. The second kappa shape index (κ2) is 12.4. The van der Waals surface area contributed by atoms with E-state index in [0.717, 1.165) is 62.9 Å². The van der Waals surface area contributed by atoms with Gasteiger partial charge in [-0.1, -0.05) is 11.6 Å². The van der Waals surface area contributed by atoms with Gasteiger partial charge in [0.25, 0.3) is 0 Å². The van der Waals surface area contributed by atoms with Crippen LogP contribution in [0.5, 0.6) is 0 Å². The molecule has 1 unspecified atom stereocenters. The van der Waals surface area contributed by atoms with Crippen LogP contribution in [-0.2, 0) is 4.74 Å². The summed E-state index contributed by atoms with van der Waals surface area (Å²) in [6, 6.07) is 3.96. The summed E-state index contributed by atoms with van der Waals surface area (Å²) in [7, 11) is 0. The van der Waals surface area contributed by atoms with Crippen LogP contribution in [0.2, 0.25) is 0 Å². The zero-order valence-electron chi connectivity index (χ0n) is 25.9. The quantitative estimate of drug-likeness (QED) is 0.365. The van der Waals surface area contributed by atoms with E-state index in [1.165, 1.54) is 32.1 Å². The maximum absolute atomic E-state index is 13.2. The molecule has 0 bridgehead atoms. The Balaban J connectivity index is 1.12. The van der Waals surface area contributed by atoms with E-state index in [2.05, 4.69) is 35.3 Å². The minimum absolute atomic E-state index is 0.0882. The van der Waals surface area contributed by atoms with E-state index in [-0.39, 0.29) is 18.2 Å². The van der Waals surface area contributed by atoms with Gasteiger partial charge >= 0.3 is 6.09 Å². The molecule has 2 saturated heterocycles. The van der Waals surface area contributed by atoms with Gasteiger partial charge in [-0.05, 0) is 84.3 Å². The van der Waals surface area contributed by atoms with Crippen molar-refractivity contribution < 1.29 is 9.53 Å². The monoisotopic (exact) mass is 588 g/mol. The first-order valence-corrected chi connectivity index (χ1v) is 15.8. The molecule has 0 N–H and O–H groups in total. The van der Waals surface area contributed by atoms with Gasteiger partial charge in [-0.2, -0.15) is 5.10 Å². The Morgan fingerprint density at radius 2 is 1.74 bits per heavy atom. The lowest BCUT2D eigenvalue weighted by Crippen LogP contribution is -2.53. The molecule has 12 nitrogen and oxygen atoms in total. The van der Waals surface area contributed by atoms with Crippen molar-refractivity contribution in [3.8, 4) is 11.4 Å². The lowest BCUT2D eigenvalue weighted by atomic mass is 9.84. The van der Waals surface area contributed by atoms with Crippen LogP contribution in [0.1, 0.15) is 84.4 Å². The number of hydrogen-bond donors (Lipinski definition) is 0. The third-order valence-electron chi connectivity index (χ3n) is 8.79. The highest BCUT2D eigenvalue weighted by Crippen LogP contribution is 2.31. The van der Waals surface area contributed by atoms with Gasteiger partial charge < -0.3 is 19.4 Å². The molecule has 1 amide bonds. The summed E-state index contributed by atoms with van der Waals surface area (Å²) in [4.78, 5) is 28.9. The van der Waals surface area contributed by atoms with E-state index in [4.69, 9.17) is 9.72 Å². The highest BCUT2D eigenvalue weighted by atomic mass is 16.6. The topological polar surface area (TPSA) is 118 Å². The number of anilines is 2. The largest absolute Gasteiger partial charge is 0.444 e. The van der Waals surface area contributed by atoms with Crippen molar-refractivity contribution in [2.45, 2.75) is 90.3 Å². The van der Waals surface area contributed by atoms with Crippen molar-refractivity contribution in [3.05, 3.63) is 36.4 Å². The second-order valence-electron chi connectivity index (χ2n) is 13.2. The number of ether oxygens (including phenoxy) is 1. The molecule has 1 aliphatic carbocycles. The molecule has 2 atom stereocenters. The molecule has 6 rings (SSSR count). The van der Waals surface area contributed by atoms with Gasteiger partial charge in [0.2, 0.25) is 0 Å². The number of carbonyl (C=O) groups excluding carboxylic acids is 1. The highest BCUT2D eigenvalue weighted by Gasteiger charge is 2.35. The Kier molecular flexibility index (Phi) is 8.45. The fourth-order valence-corrected chi connectivity index (χ4v) is 6.09. The number of rotatable bonds is 8. The highest BCUT2D eigenvalue weighted by molar-refractivity contribution is 5.69. The Bertz CT molecular complexity index is 1380. The lowest BCUT2D eigenvalue weighted by molar-refractivity contribution is 0.00733. The van der Waals surface area contributed by atoms with E-state index >= 15 is 0 Å². The van der Waals surface area contributed by atoms with Crippen LogP contribution in [0, 0.1) is 5.92 Å². The summed E-state index contributed by atoms with van der Waals surface area (Å²) in [5.74, 6) is 2.28. The summed E-state index contributed by atoms with van der Waals surface area (Å²) >= 11 is 0. The first kappa shape index (κ1) is 29.3. The number of piperidine rings is 1. The van der Waals surface area contributed by atoms with Crippen molar-refractivity contribution in [1.82, 2.24) is 40.1 Å². The van der Waals surface area contributed by atoms with Gasteiger partial charge in [0, 0.05) is 32.7 Å². The molecule has 3 aromatic rings. The van der Waals surface area contributed by atoms with Crippen LogP contribution in [0.4, 0.5) is 16.4 Å². The van der Waals surface area contributed by atoms with Gasteiger partial charge in [-0.25, -0.2) is 14.5 Å². The zero-order valence-corrected chi connectivity index (χ0v) is 25.9. The molecule has 12 heteroatoms. The number of carbonyl (C=O) groups is 1. The normalized spacial score (nSPS) is 20.1. The van der Waals surface area contributed by atoms with Gasteiger partial charge in [0.05, 0.1) is 36.4 Å². The number of nitrogens with zero attached hydrogens (tertiary/aromatic N) is 10. The van der Waals surface area contributed by atoms with Crippen LogP contribution >= 0.6 is 0 Å². The first-order valence-electron chi connectivity index (χ1n) is 15.8. The molecule has 3 aliphatic rings. The van der Waals surface area contributed by atoms with Crippen molar-refractivity contribution in [2.75, 3.05) is 42.5 Å². The van der Waals surface area contributed by atoms with Crippen molar-refractivity contribution in [1.29, 1.82) is 0 Å². The van der Waals surface area contributed by atoms with Gasteiger partial charge in [-0.3, -0.25) is 4.98 Å². The van der Waals surface area contributed by atoms with E-state index in [1.807, 2.05) is 57.1 Å². The maximum Gasteiger partial charge on any atom is 0.410 e. The maximum atomic E-state index is 13.2. The summed E-state index contributed by atoms with van der Waals surface area (Å²) in [6.07, 6.45) is 13.2. The summed E-state index contributed by atoms with van der Waals surface area (Å²) in [5.41, 5.74) is 1.67. The molecule has 2 aliphatic heterocycles. The fourth-order valence-electron chi connectivity index (χ4n) is 6.09. The number of hydrogen-bond acceptors (Lipinski definition) is 10. The Hall–Kier alpha value is -3.83. The third kappa shape index (κ3) is 6.88. The molecule has 43 heavy (non-hydrogen) atoms. The van der Waals surface area contributed by atoms with E-state index in [9.17, 15) is 4.79 Å². The fraction of sp³-hybridized carbons (Fsp3) is 0.645. The average Bonchev–Trinajstić information content (AvgIpc) is 3.69. The summed E-state index contributed by atoms with van der Waals surface area (Å²) < 4.78 is 7.62. The second-order valence-corrected chi connectivity index (χ2v) is 13.2. The number of aromatic nitrogens is 7. The molecular formula is C31H44N10O2. The Labute approximate surface area is 253 Å². The lowest BCUT2D eigenvalue weighted by Gasteiger charge is -2.42. The van der Waals surface area contributed by atoms with Gasteiger partial charge in [-0.15, -0.1) is 10.2 Å². The predicted octanol–water partition coefficient (Wildman–Crippen LogP) is 4.74. The molecule has 3 aromatic heterocycles. The molecule has 3 fully saturated rings. The van der Waals surface area contributed by atoms with Crippen molar-refractivity contribution in [2.24, 2.45) is 5.92 Å². The first-order chi connectivity index (χ1) is 20.7. The van der Waals surface area contributed by atoms with Crippen LogP contribution in [0.25, 0.3) is 11.4 Å². The van der Waals surface area contributed by atoms with Crippen LogP contribution < -0.4 is 9.80 Å². The van der Waals surface area contributed by atoms with E-state index < -0.39 is 5.60 Å².